The number of methoxy groups -OCH3 is 1. The van der Waals surface area contributed by atoms with Crippen molar-refractivity contribution in [2.45, 2.75) is 38.6 Å². The third-order valence-electron chi connectivity index (χ3n) is 6.51. The molecule has 0 radical (unpaired) electrons. The van der Waals surface area contributed by atoms with Gasteiger partial charge in [-0.1, -0.05) is 6.08 Å². The number of piperidine rings is 1. The Bertz CT molecular complexity index is 1190. The van der Waals surface area contributed by atoms with Crippen molar-refractivity contribution in [3.05, 3.63) is 70.8 Å². The third kappa shape index (κ3) is 3.71. The second-order valence-electron chi connectivity index (χ2n) is 8.46. The van der Waals surface area contributed by atoms with E-state index in [1.165, 1.54) is 19.2 Å². The molecule has 3 heterocycles. The van der Waals surface area contributed by atoms with Crippen molar-refractivity contribution in [1.29, 1.82) is 0 Å². The monoisotopic (exact) mass is 436 g/mol. The Morgan fingerprint density at radius 3 is 2.78 bits per heavy atom. The smallest absolute Gasteiger partial charge is 0.171 e. The van der Waals surface area contributed by atoms with E-state index >= 15 is 0 Å². The van der Waals surface area contributed by atoms with E-state index in [0.29, 0.717) is 12.5 Å². The lowest BCUT2D eigenvalue weighted by molar-refractivity contribution is 0.342. The number of ether oxygens (including phenoxy) is 1. The Morgan fingerprint density at radius 2 is 2.00 bits per heavy atom. The number of allylic oxidation sites excluding steroid dienone is 2. The van der Waals surface area contributed by atoms with Gasteiger partial charge in [0.2, 0.25) is 0 Å². The summed E-state index contributed by atoms with van der Waals surface area (Å²) in [7, 11) is 1.38. The van der Waals surface area contributed by atoms with Gasteiger partial charge in [-0.25, -0.2) is 8.78 Å². The topological polar surface area (TPSA) is 52.0 Å². The third-order valence-corrected chi connectivity index (χ3v) is 6.51. The summed E-state index contributed by atoms with van der Waals surface area (Å²) in [6.45, 7) is 4.02. The van der Waals surface area contributed by atoms with E-state index in [1.54, 1.807) is 0 Å². The Balaban J connectivity index is 1.46. The highest BCUT2D eigenvalue weighted by molar-refractivity contribution is 5.78. The second kappa shape index (κ2) is 8.47. The van der Waals surface area contributed by atoms with Gasteiger partial charge in [0.15, 0.2) is 11.6 Å². The lowest BCUT2D eigenvalue weighted by atomic mass is 9.97. The summed E-state index contributed by atoms with van der Waals surface area (Å²) in [5, 5.41) is 8.15. The molecule has 7 heteroatoms. The molecule has 1 aliphatic heterocycles. The van der Waals surface area contributed by atoms with Crippen molar-refractivity contribution >= 4 is 5.57 Å². The predicted octanol–water partition coefficient (Wildman–Crippen LogP) is 4.65. The minimum Gasteiger partial charge on any atom is -0.494 e. The molecule has 1 saturated heterocycles. The zero-order valence-electron chi connectivity index (χ0n) is 18.3. The van der Waals surface area contributed by atoms with Crippen molar-refractivity contribution in [1.82, 2.24) is 20.1 Å². The number of aryl methyl sites for hydroxylation is 1. The van der Waals surface area contributed by atoms with Crippen LogP contribution in [-0.2, 0) is 12.8 Å². The molecule has 5 rings (SSSR count). The summed E-state index contributed by atoms with van der Waals surface area (Å²) in [5.74, 6) is -1.17. The van der Waals surface area contributed by atoms with E-state index < -0.39 is 11.6 Å². The summed E-state index contributed by atoms with van der Waals surface area (Å²) in [6, 6.07) is 5.04. The molecule has 1 N–H and O–H groups in total. The van der Waals surface area contributed by atoms with Crippen LogP contribution in [0.2, 0.25) is 0 Å². The van der Waals surface area contributed by atoms with Crippen LogP contribution in [-0.4, -0.2) is 35.0 Å². The summed E-state index contributed by atoms with van der Waals surface area (Å²) >= 11 is 0. The Kier molecular flexibility index (Phi) is 5.51. The molecule has 5 nitrogen and oxygen atoms in total. The van der Waals surface area contributed by atoms with Crippen LogP contribution in [0.4, 0.5) is 8.78 Å². The fourth-order valence-corrected chi connectivity index (χ4v) is 4.69. The highest BCUT2D eigenvalue weighted by atomic mass is 19.1. The number of nitrogens with zero attached hydrogens (tertiary/aromatic N) is 3. The van der Waals surface area contributed by atoms with E-state index in [-0.39, 0.29) is 17.7 Å². The largest absolute Gasteiger partial charge is 0.494 e. The van der Waals surface area contributed by atoms with Crippen LogP contribution in [0.15, 0.2) is 36.7 Å². The Hall–Kier alpha value is -3.06. The van der Waals surface area contributed by atoms with E-state index in [0.717, 1.165) is 59.6 Å². The van der Waals surface area contributed by atoms with Crippen molar-refractivity contribution in [2.24, 2.45) is 0 Å². The second-order valence-corrected chi connectivity index (χ2v) is 8.46. The van der Waals surface area contributed by atoms with Crippen molar-refractivity contribution in [2.75, 3.05) is 20.2 Å². The van der Waals surface area contributed by atoms with Gasteiger partial charge in [-0.2, -0.15) is 5.10 Å². The SMILES string of the molecule is COc1ccc(F)c(CC2=CCc3ncc(-c4cn(C5CCNCC5)nc4C)cc32)c1F. The van der Waals surface area contributed by atoms with Crippen LogP contribution in [0.1, 0.15) is 41.4 Å². The molecule has 32 heavy (non-hydrogen) atoms. The highest BCUT2D eigenvalue weighted by Crippen LogP contribution is 2.35. The molecular formula is C25H26F2N4O. The van der Waals surface area contributed by atoms with Gasteiger partial charge < -0.3 is 10.1 Å². The van der Waals surface area contributed by atoms with Gasteiger partial charge in [0.05, 0.1) is 24.5 Å². The minimum absolute atomic E-state index is 0.0174. The highest BCUT2D eigenvalue weighted by Gasteiger charge is 2.23. The quantitative estimate of drug-likeness (QED) is 0.633. The fourth-order valence-electron chi connectivity index (χ4n) is 4.69. The van der Waals surface area contributed by atoms with Gasteiger partial charge in [-0.3, -0.25) is 9.67 Å². The number of rotatable bonds is 5. The van der Waals surface area contributed by atoms with Crippen LogP contribution in [0.3, 0.4) is 0 Å². The van der Waals surface area contributed by atoms with E-state index in [4.69, 9.17) is 9.84 Å². The normalized spacial score (nSPS) is 16.2. The van der Waals surface area contributed by atoms with Crippen molar-refractivity contribution < 1.29 is 13.5 Å². The molecule has 0 unspecified atom stereocenters. The number of aromatic nitrogens is 3. The van der Waals surface area contributed by atoms with Gasteiger partial charge in [-0.15, -0.1) is 0 Å². The lowest BCUT2D eigenvalue weighted by Crippen LogP contribution is -2.29. The molecule has 0 atom stereocenters. The van der Waals surface area contributed by atoms with E-state index in [2.05, 4.69) is 27.2 Å². The van der Waals surface area contributed by atoms with Crippen molar-refractivity contribution in [3.8, 4) is 16.9 Å². The number of fused-ring (bicyclic) bond motifs is 1. The van der Waals surface area contributed by atoms with Gasteiger partial charge in [-0.05, 0) is 56.6 Å². The van der Waals surface area contributed by atoms with Crippen LogP contribution in [0.5, 0.6) is 5.75 Å². The maximum Gasteiger partial charge on any atom is 0.171 e. The Morgan fingerprint density at radius 1 is 1.19 bits per heavy atom. The van der Waals surface area contributed by atoms with Gasteiger partial charge in [0.25, 0.3) is 0 Å². The lowest BCUT2D eigenvalue weighted by Gasteiger charge is -2.22. The number of nitrogens with one attached hydrogen (secondary N) is 1. The molecule has 0 bridgehead atoms. The zero-order chi connectivity index (χ0) is 22.2. The maximum atomic E-state index is 14.7. The molecule has 166 valence electrons. The number of benzene rings is 1. The average Bonchev–Trinajstić information content (AvgIpc) is 3.40. The Labute approximate surface area is 186 Å². The van der Waals surface area contributed by atoms with E-state index in [1.807, 2.05) is 19.2 Å². The van der Waals surface area contributed by atoms with Crippen LogP contribution < -0.4 is 10.1 Å². The summed E-state index contributed by atoms with van der Waals surface area (Å²) < 4.78 is 36.2. The van der Waals surface area contributed by atoms with Crippen molar-refractivity contribution in [3.63, 3.8) is 0 Å². The zero-order valence-corrected chi connectivity index (χ0v) is 18.3. The molecule has 2 aliphatic rings. The van der Waals surface area contributed by atoms with Crippen LogP contribution in [0, 0.1) is 18.6 Å². The van der Waals surface area contributed by atoms with Gasteiger partial charge in [0.1, 0.15) is 5.82 Å². The number of pyridine rings is 1. The molecular weight excluding hydrogens is 410 g/mol. The maximum absolute atomic E-state index is 14.7. The fraction of sp³-hybridized carbons (Fsp3) is 0.360. The summed E-state index contributed by atoms with van der Waals surface area (Å²) in [5.41, 5.74) is 5.74. The van der Waals surface area contributed by atoms with Crippen LogP contribution in [0.25, 0.3) is 16.7 Å². The first kappa shape index (κ1) is 20.8. The number of hydrogen-bond acceptors (Lipinski definition) is 4. The van der Waals surface area contributed by atoms with Gasteiger partial charge >= 0.3 is 0 Å². The summed E-state index contributed by atoms with van der Waals surface area (Å²) in [6.07, 6.45) is 8.92. The molecule has 0 amide bonds. The molecule has 0 saturated carbocycles. The molecule has 1 aromatic carbocycles. The standard InChI is InChI=1S/C25H26F2N4O/c1-15-21(14-31(30-15)18-7-9-28-10-8-18)17-12-19-16(3-5-23(19)29-13-17)11-20-22(26)4-6-24(32-2)25(20)27/h3-4,6,12-14,18,28H,5,7-11H2,1-2H3. The van der Waals surface area contributed by atoms with Crippen LogP contribution >= 0.6 is 0 Å². The number of hydrogen-bond donors (Lipinski definition) is 1. The molecule has 2 aromatic heterocycles. The van der Waals surface area contributed by atoms with Gasteiger partial charge in [0, 0.05) is 47.5 Å². The first-order valence-electron chi connectivity index (χ1n) is 11.0. The predicted molar refractivity (Wildman–Crippen MR) is 120 cm³/mol. The first-order chi connectivity index (χ1) is 15.5. The number of halogens is 2. The molecule has 3 aromatic rings. The minimum atomic E-state index is -0.648. The average molecular weight is 437 g/mol. The molecule has 1 fully saturated rings. The first-order valence-corrected chi connectivity index (χ1v) is 11.0. The van der Waals surface area contributed by atoms with E-state index in [9.17, 15) is 8.78 Å². The summed E-state index contributed by atoms with van der Waals surface area (Å²) in [4.78, 5) is 4.66. The molecule has 1 aliphatic carbocycles. The molecule has 0 spiro atoms.